The minimum absolute atomic E-state index is 0.0571. The molecule has 0 saturated carbocycles. The van der Waals surface area contributed by atoms with Crippen molar-refractivity contribution in [2.45, 2.75) is 33.7 Å². The summed E-state index contributed by atoms with van der Waals surface area (Å²) in [5.74, 6) is 0.290. The van der Waals surface area contributed by atoms with Gasteiger partial charge < -0.3 is 14.8 Å². The number of nitrogens with zero attached hydrogens (tertiary/aromatic N) is 4. The number of hydrogen-bond donors (Lipinski definition) is 1. The van der Waals surface area contributed by atoms with Crippen molar-refractivity contribution in [3.05, 3.63) is 47.7 Å². The number of benzene rings is 1. The van der Waals surface area contributed by atoms with Crippen LogP contribution in [0.1, 0.15) is 44.1 Å². The number of fused-ring (bicyclic) bond motifs is 2. The van der Waals surface area contributed by atoms with Crippen LogP contribution in [0.2, 0.25) is 0 Å². The number of pyridine rings is 1. The van der Waals surface area contributed by atoms with Crippen LogP contribution in [0, 0.1) is 5.92 Å². The van der Waals surface area contributed by atoms with E-state index in [1.165, 1.54) is 0 Å². The molecule has 34 heavy (non-hydrogen) atoms. The molecule has 0 radical (unpaired) electrons. The summed E-state index contributed by atoms with van der Waals surface area (Å²) < 4.78 is 12.7. The molecule has 1 N–H and O–H groups in total. The molecule has 1 aromatic carbocycles. The fraction of sp³-hybridized carbons (Fsp3) is 0.320. The van der Waals surface area contributed by atoms with E-state index in [0.29, 0.717) is 39.5 Å². The molecule has 0 saturated heterocycles. The highest BCUT2D eigenvalue weighted by atomic mass is 16.7. The van der Waals surface area contributed by atoms with Crippen LogP contribution in [-0.4, -0.2) is 45.6 Å². The highest BCUT2D eigenvalue weighted by molar-refractivity contribution is 6.08. The molecule has 0 aliphatic carbocycles. The quantitative estimate of drug-likeness (QED) is 0.623. The molecule has 3 aromatic rings. The standard InChI is InChI=1S/C25H25N5O4/c1-13(2)30-23-19(11-27-30)17(24(31)26-10-18-14(3)7-15(4)28-25(18)32)9-20(29-23)16-5-6-21-22(8-16)34-12-33-21/h5-9,11,13,18H,10,12H2,1-4H3,(H,26,31). The molecule has 2 amide bonds. The van der Waals surface area contributed by atoms with Gasteiger partial charge in [-0.1, -0.05) is 5.57 Å². The Balaban J connectivity index is 1.51. The average Bonchev–Trinajstić information content (AvgIpc) is 3.43. The highest BCUT2D eigenvalue weighted by Crippen LogP contribution is 2.36. The maximum atomic E-state index is 13.3. The SMILES string of the molecule is CC1=CC(C)=NC(=O)C1CNC(=O)c1cc(-c2ccc3c(c2)OCO3)nc2c1cnn2C(C)C. The minimum atomic E-state index is -0.475. The maximum Gasteiger partial charge on any atom is 0.254 e. The number of allylic oxidation sites excluding steroid dienone is 1. The molecule has 0 spiro atoms. The second kappa shape index (κ2) is 8.40. The Kier molecular flexibility index (Phi) is 5.39. The van der Waals surface area contributed by atoms with Gasteiger partial charge in [0.1, 0.15) is 0 Å². The molecule has 4 heterocycles. The number of hydrogen-bond acceptors (Lipinski definition) is 6. The fourth-order valence-corrected chi connectivity index (χ4v) is 4.23. The van der Waals surface area contributed by atoms with Gasteiger partial charge in [0.05, 0.1) is 28.8 Å². The number of ether oxygens (including phenoxy) is 2. The van der Waals surface area contributed by atoms with Crippen LogP contribution in [0.5, 0.6) is 11.5 Å². The molecule has 174 valence electrons. The summed E-state index contributed by atoms with van der Waals surface area (Å²) >= 11 is 0. The van der Waals surface area contributed by atoms with Gasteiger partial charge in [-0.2, -0.15) is 5.10 Å². The van der Waals surface area contributed by atoms with Gasteiger partial charge in [-0.15, -0.1) is 0 Å². The molecule has 2 aliphatic rings. The van der Waals surface area contributed by atoms with Crippen LogP contribution in [0.4, 0.5) is 0 Å². The van der Waals surface area contributed by atoms with Crippen molar-refractivity contribution in [1.29, 1.82) is 0 Å². The summed E-state index contributed by atoms with van der Waals surface area (Å²) in [7, 11) is 0. The Labute approximate surface area is 196 Å². The number of aromatic nitrogens is 3. The zero-order chi connectivity index (χ0) is 24.0. The number of aliphatic imine (C=N–C) groups is 1. The number of dihydropyridines is 1. The topological polar surface area (TPSA) is 108 Å². The number of rotatable bonds is 5. The van der Waals surface area contributed by atoms with Gasteiger partial charge in [-0.25, -0.2) is 14.7 Å². The van der Waals surface area contributed by atoms with E-state index in [2.05, 4.69) is 15.4 Å². The first-order chi connectivity index (χ1) is 16.3. The number of amides is 2. The van der Waals surface area contributed by atoms with E-state index in [4.69, 9.17) is 14.5 Å². The summed E-state index contributed by atoms with van der Waals surface area (Å²) in [6.07, 6.45) is 3.53. The third-order valence-electron chi connectivity index (χ3n) is 6.01. The molecule has 1 atom stereocenters. The summed E-state index contributed by atoms with van der Waals surface area (Å²) in [4.78, 5) is 34.5. The van der Waals surface area contributed by atoms with Crippen molar-refractivity contribution in [3.8, 4) is 22.8 Å². The number of nitrogens with one attached hydrogen (secondary N) is 1. The van der Waals surface area contributed by atoms with E-state index < -0.39 is 5.92 Å². The molecule has 0 bridgehead atoms. The molecule has 1 unspecified atom stereocenters. The summed E-state index contributed by atoms with van der Waals surface area (Å²) in [5.41, 5.74) is 4.02. The first kappa shape index (κ1) is 21.8. The lowest BCUT2D eigenvalue weighted by Gasteiger charge is -2.19. The predicted molar refractivity (Wildman–Crippen MR) is 127 cm³/mol. The van der Waals surface area contributed by atoms with Crippen molar-refractivity contribution in [2.24, 2.45) is 10.9 Å². The second-order valence-electron chi connectivity index (χ2n) is 8.79. The average molecular weight is 460 g/mol. The van der Waals surface area contributed by atoms with Crippen molar-refractivity contribution in [2.75, 3.05) is 13.3 Å². The van der Waals surface area contributed by atoms with Gasteiger partial charge in [0.2, 0.25) is 6.79 Å². The van der Waals surface area contributed by atoms with Crippen LogP contribution in [0.3, 0.4) is 0 Å². The normalized spacial score (nSPS) is 17.2. The number of carbonyl (C=O) groups is 2. The molecule has 9 heteroatoms. The zero-order valence-electron chi connectivity index (χ0n) is 19.5. The molecule has 5 rings (SSSR count). The highest BCUT2D eigenvalue weighted by Gasteiger charge is 2.25. The van der Waals surface area contributed by atoms with Gasteiger partial charge in [-0.05, 0) is 58.0 Å². The summed E-state index contributed by atoms with van der Waals surface area (Å²) in [5, 5.41) is 8.02. The zero-order valence-corrected chi connectivity index (χ0v) is 19.5. The lowest BCUT2D eigenvalue weighted by atomic mass is 9.95. The van der Waals surface area contributed by atoms with Gasteiger partial charge in [0.15, 0.2) is 17.1 Å². The van der Waals surface area contributed by atoms with Crippen molar-refractivity contribution in [1.82, 2.24) is 20.1 Å². The lowest BCUT2D eigenvalue weighted by molar-refractivity contribution is -0.120. The molecular formula is C25H25N5O4. The summed E-state index contributed by atoms with van der Waals surface area (Å²) in [6, 6.07) is 7.37. The molecular weight excluding hydrogens is 434 g/mol. The van der Waals surface area contributed by atoms with Crippen molar-refractivity contribution in [3.63, 3.8) is 0 Å². The van der Waals surface area contributed by atoms with Crippen LogP contribution < -0.4 is 14.8 Å². The molecule has 2 aliphatic heterocycles. The Morgan fingerprint density at radius 3 is 2.76 bits per heavy atom. The van der Waals surface area contributed by atoms with Crippen LogP contribution >= 0.6 is 0 Å². The molecule has 0 fully saturated rings. The van der Waals surface area contributed by atoms with Gasteiger partial charge in [-0.3, -0.25) is 9.59 Å². The fourth-order valence-electron chi connectivity index (χ4n) is 4.23. The Morgan fingerprint density at radius 2 is 2.00 bits per heavy atom. The largest absolute Gasteiger partial charge is 0.454 e. The van der Waals surface area contributed by atoms with Gasteiger partial charge >= 0.3 is 0 Å². The second-order valence-corrected chi connectivity index (χ2v) is 8.79. The van der Waals surface area contributed by atoms with E-state index >= 15 is 0 Å². The maximum absolute atomic E-state index is 13.3. The smallest absolute Gasteiger partial charge is 0.254 e. The lowest BCUT2D eigenvalue weighted by Crippen LogP contribution is -2.34. The van der Waals surface area contributed by atoms with Crippen LogP contribution in [0.25, 0.3) is 22.3 Å². The van der Waals surface area contributed by atoms with E-state index in [9.17, 15) is 9.59 Å². The van der Waals surface area contributed by atoms with E-state index in [1.807, 2.05) is 45.0 Å². The first-order valence-corrected chi connectivity index (χ1v) is 11.2. The van der Waals surface area contributed by atoms with E-state index in [1.54, 1.807) is 23.9 Å². The monoisotopic (exact) mass is 459 g/mol. The van der Waals surface area contributed by atoms with Crippen LogP contribution in [0.15, 0.2) is 47.1 Å². The van der Waals surface area contributed by atoms with Crippen molar-refractivity contribution < 1.29 is 19.1 Å². The van der Waals surface area contributed by atoms with E-state index in [0.717, 1.165) is 11.1 Å². The van der Waals surface area contributed by atoms with E-state index in [-0.39, 0.29) is 31.2 Å². The molecule has 9 nitrogen and oxygen atoms in total. The first-order valence-electron chi connectivity index (χ1n) is 11.2. The Morgan fingerprint density at radius 1 is 1.21 bits per heavy atom. The Bertz CT molecular complexity index is 1390. The summed E-state index contributed by atoms with van der Waals surface area (Å²) in [6.45, 7) is 8.02. The third kappa shape index (κ3) is 3.83. The van der Waals surface area contributed by atoms with Crippen LogP contribution in [-0.2, 0) is 4.79 Å². The van der Waals surface area contributed by atoms with Gasteiger partial charge in [0, 0.05) is 23.9 Å². The predicted octanol–water partition coefficient (Wildman–Crippen LogP) is 3.70. The third-order valence-corrected chi connectivity index (χ3v) is 6.01. The van der Waals surface area contributed by atoms with Crippen molar-refractivity contribution >= 4 is 28.6 Å². The minimum Gasteiger partial charge on any atom is -0.454 e. The van der Waals surface area contributed by atoms with Gasteiger partial charge in [0.25, 0.3) is 11.8 Å². The Hall–Kier alpha value is -4.01. The number of carbonyl (C=O) groups excluding carboxylic acids is 2. The molecule has 2 aromatic heterocycles.